The van der Waals surface area contributed by atoms with Crippen molar-refractivity contribution >= 4 is 23.2 Å². The van der Waals surface area contributed by atoms with Crippen LogP contribution in [0.4, 0.5) is 5.95 Å². The first-order chi connectivity index (χ1) is 12.5. The quantitative estimate of drug-likeness (QED) is 0.872. The third-order valence-electron chi connectivity index (χ3n) is 4.47. The zero-order valence-electron chi connectivity index (χ0n) is 15.5. The van der Waals surface area contributed by atoms with Crippen LogP contribution in [0.25, 0.3) is 0 Å². The average molecular weight is 374 g/mol. The van der Waals surface area contributed by atoms with Crippen molar-refractivity contribution in [3.63, 3.8) is 0 Å². The van der Waals surface area contributed by atoms with Crippen LogP contribution in [-0.4, -0.2) is 51.9 Å². The fraction of sp³-hybridized carbons (Fsp3) is 0.526. The van der Waals surface area contributed by atoms with Crippen molar-refractivity contribution in [1.82, 2.24) is 19.8 Å². The highest BCUT2D eigenvalue weighted by molar-refractivity contribution is 7.09. The largest absolute Gasteiger partial charge is 0.368 e. The number of anilines is 1. The van der Waals surface area contributed by atoms with E-state index in [2.05, 4.69) is 46.2 Å². The molecule has 2 aromatic heterocycles. The summed E-state index contributed by atoms with van der Waals surface area (Å²) in [5, 5.41) is 2.11. The van der Waals surface area contributed by atoms with Gasteiger partial charge in [-0.1, -0.05) is 19.9 Å². The molecule has 0 unspecified atom stereocenters. The molecule has 6 nitrogen and oxygen atoms in total. The van der Waals surface area contributed by atoms with Crippen LogP contribution >= 0.6 is 11.3 Å². The van der Waals surface area contributed by atoms with Crippen LogP contribution in [0.15, 0.2) is 23.6 Å². The maximum Gasteiger partial charge on any atom is 0.272 e. The van der Waals surface area contributed by atoms with E-state index in [1.54, 1.807) is 17.4 Å². The molecule has 2 N–H and O–H groups in total. The third-order valence-corrected chi connectivity index (χ3v) is 5.33. The van der Waals surface area contributed by atoms with Gasteiger partial charge in [0.25, 0.3) is 5.91 Å². The van der Waals surface area contributed by atoms with Crippen molar-refractivity contribution in [1.29, 1.82) is 0 Å². The molecule has 0 aliphatic carbocycles. The fourth-order valence-corrected chi connectivity index (χ4v) is 4.01. The lowest BCUT2D eigenvalue weighted by Crippen LogP contribution is -2.35. The first kappa shape index (κ1) is 18.8. The van der Waals surface area contributed by atoms with Gasteiger partial charge in [0, 0.05) is 43.3 Å². The summed E-state index contributed by atoms with van der Waals surface area (Å²) in [7, 11) is 0. The minimum Gasteiger partial charge on any atom is -0.368 e. The van der Waals surface area contributed by atoms with Crippen molar-refractivity contribution in [2.45, 2.75) is 33.2 Å². The lowest BCUT2D eigenvalue weighted by atomic mass is 10.1. The Kier molecular flexibility index (Phi) is 6.21. The predicted molar refractivity (Wildman–Crippen MR) is 105 cm³/mol. The van der Waals surface area contributed by atoms with Crippen LogP contribution in [0.1, 0.15) is 41.3 Å². The molecule has 0 bridgehead atoms. The Hall–Kier alpha value is -1.99. The molecule has 1 saturated heterocycles. The average Bonchev–Trinajstić information content (AvgIpc) is 2.97. The molecule has 0 atom stereocenters. The summed E-state index contributed by atoms with van der Waals surface area (Å²) in [4.78, 5) is 27.1. The Morgan fingerprint density at radius 1 is 1.27 bits per heavy atom. The molecular weight excluding hydrogens is 346 g/mol. The highest BCUT2D eigenvalue weighted by atomic mass is 32.1. The van der Waals surface area contributed by atoms with E-state index < -0.39 is 0 Å². The van der Waals surface area contributed by atoms with E-state index in [4.69, 9.17) is 5.73 Å². The second-order valence-electron chi connectivity index (χ2n) is 7.20. The highest BCUT2D eigenvalue weighted by Gasteiger charge is 2.22. The first-order valence-electron chi connectivity index (χ1n) is 9.18. The molecule has 1 aliphatic rings. The Morgan fingerprint density at radius 3 is 2.85 bits per heavy atom. The third kappa shape index (κ3) is 5.02. The van der Waals surface area contributed by atoms with Gasteiger partial charge in [-0.25, -0.2) is 9.97 Å². The molecule has 2 aromatic rings. The zero-order chi connectivity index (χ0) is 18.5. The number of nitrogens with zero attached hydrogens (tertiary/aromatic N) is 4. The predicted octanol–water partition coefficient (Wildman–Crippen LogP) is 2.67. The van der Waals surface area contributed by atoms with E-state index >= 15 is 0 Å². The number of nitrogen functional groups attached to an aromatic ring is 1. The second kappa shape index (κ2) is 8.60. The molecule has 0 saturated carbocycles. The number of rotatable bonds is 5. The first-order valence-corrected chi connectivity index (χ1v) is 10.1. The molecule has 3 heterocycles. The molecule has 140 valence electrons. The molecule has 0 radical (unpaired) electrons. The minimum absolute atomic E-state index is 0.0397. The number of aromatic nitrogens is 2. The number of nitrogens with two attached hydrogens (primary N) is 1. The Morgan fingerprint density at radius 2 is 2.12 bits per heavy atom. The maximum absolute atomic E-state index is 12.9. The van der Waals surface area contributed by atoms with Crippen LogP contribution in [0, 0.1) is 5.92 Å². The van der Waals surface area contributed by atoms with E-state index in [-0.39, 0.29) is 11.9 Å². The van der Waals surface area contributed by atoms with Gasteiger partial charge >= 0.3 is 0 Å². The molecule has 26 heavy (non-hydrogen) atoms. The van der Waals surface area contributed by atoms with Gasteiger partial charge in [-0.15, -0.1) is 11.3 Å². The van der Waals surface area contributed by atoms with Crippen molar-refractivity contribution in [2.75, 3.05) is 31.9 Å². The summed E-state index contributed by atoms with van der Waals surface area (Å²) < 4.78 is 0. The molecule has 0 aromatic carbocycles. The lowest BCUT2D eigenvalue weighted by Gasteiger charge is -2.21. The van der Waals surface area contributed by atoms with Gasteiger partial charge in [0.2, 0.25) is 5.95 Å². The number of hydrogen-bond acceptors (Lipinski definition) is 6. The van der Waals surface area contributed by atoms with Crippen LogP contribution in [0.5, 0.6) is 0 Å². The molecular formula is C19H27N5OS. The lowest BCUT2D eigenvalue weighted by molar-refractivity contribution is 0.0755. The summed E-state index contributed by atoms with van der Waals surface area (Å²) in [6.45, 7) is 8.55. The minimum atomic E-state index is -0.0397. The normalized spacial score (nSPS) is 16.0. The Balaban J connectivity index is 1.65. The second-order valence-corrected chi connectivity index (χ2v) is 8.23. The van der Waals surface area contributed by atoms with E-state index in [0.717, 1.165) is 44.7 Å². The Bertz CT molecular complexity index is 732. The molecule has 1 aliphatic heterocycles. The van der Waals surface area contributed by atoms with E-state index in [1.165, 1.54) is 4.88 Å². The number of carbonyl (C=O) groups excluding carboxylic acids is 1. The van der Waals surface area contributed by atoms with Gasteiger partial charge in [0.15, 0.2) is 0 Å². The monoisotopic (exact) mass is 373 g/mol. The number of thiophene rings is 1. The van der Waals surface area contributed by atoms with Crippen molar-refractivity contribution in [3.8, 4) is 0 Å². The summed E-state index contributed by atoms with van der Waals surface area (Å²) in [5.41, 5.74) is 7.09. The van der Waals surface area contributed by atoms with Gasteiger partial charge < -0.3 is 10.6 Å². The van der Waals surface area contributed by atoms with Crippen molar-refractivity contribution < 1.29 is 4.79 Å². The summed E-state index contributed by atoms with van der Waals surface area (Å²) in [5.74, 6) is 0.596. The van der Waals surface area contributed by atoms with Gasteiger partial charge in [-0.3, -0.25) is 9.69 Å². The molecule has 1 fully saturated rings. The van der Waals surface area contributed by atoms with Crippen molar-refractivity contribution in [2.24, 2.45) is 5.92 Å². The van der Waals surface area contributed by atoms with Crippen LogP contribution < -0.4 is 5.73 Å². The summed E-state index contributed by atoms with van der Waals surface area (Å²) >= 11 is 1.78. The van der Waals surface area contributed by atoms with E-state index in [9.17, 15) is 4.79 Å². The van der Waals surface area contributed by atoms with Crippen molar-refractivity contribution in [3.05, 3.63) is 39.8 Å². The van der Waals surface area contributed by atoms with E-state index in [0.29, 0.717) is 18.2 Å². The number of carbonyl (C=O) groups is 1. The van der Waals surface area contributed by atoms with Crippen LogP contribution in [0.3, 0.4) is 0 Å². The van der Waals surface area contributed by atoms with Gasteiger partial charge in [0.05, 0.1) is 0 Å². The maximum atomic E-state index is 12.9. The molecule has 7 heteroatoms. The fourth-order valence-electron chi connectivity index (χ4n) is 3.27. The zero-order valence-corrected chi connectivity index (χ0v) is 16.3. The molecule has 1 amide bonds. The van der Waals surface area contributed by atoms with Gasteiger partial charge in [0.1, 0.15) is 5.69 Å². The smallest absolute Gasteiger partial charge is 0.272 e. The summed E-state index contributed by atoms with van der Waals surface area (Å²) in [6, 6.07) is 6.05. The van der Waals surface area contributed by atoms with Gasteiger partial charge in [-0.05, 0) is 36.3 Å². The highest BCUT2D eigenvalue weighted by Crippen LogP contribution is 2.16. The van der Waals surface area contributed by atoms with Crippen LogP contribution in [0.2, 0.25) is 0 Å². The van der Waals surface area contributed by atoms with Gasteiger partial charge in [-0.2, -0.15) is 0 Å². The SMILES string of the molecule is CC(C)Cc1cc(C(=O)N2CCCN(Cc3cccs3)CC2)nc(N)n1. The number of amides is 1. The van der Waals surface area contributed by atoms with E-state index in [1.807, 2.05) is 4.90 Å². The number of hydrogen-bond donors (Lipinski definition) is 1. The Labute approximate surface area is 159 Å². The molecule has 0 spiro atoms. The summed E-state index contributed by atoms with van der Waals surface area (Å²) in [6.07, 6.45) is 1.76. The van der Waals surface area contributed by atoms with Crippen LogP contribution in [-0.2, 0) is 13.0 Å². The molecule has 3 rings (SSSR count). The standard InChI is InChI=1S/C19H27N5OS/c1-14(2)11-15-12-17(22-19(20)21-15)18(25)24-7-4-6-23(8-9-24)13-16-5-3-10-26-16/h3,5,10,12,14H,4,6-9,11,13H2,1-2H3,(H2,20,21,22). The topological polar surface area (TPSA) is 75.4 Å².